The van der Waals surface area contributed by atoms with Crippen molar-refractivity contribution in [2.24, 2.45) is 0 Å². The van der Waals surface area contributed by atoms with Crippen molar-refractivity contribution in [3.63, 3.8) is 0 Å². The normalized spacial score (nSPS) is 11.2. The molecule has 12 nitrogen and oxygen atoms in total. The van der Waals surface area contributed by atoms with Crippen molar-refractivity contribution in [2.75, 3.05) is 0 Å². The van der Waals surface area contributed by atoms with E-state index >= 15 is 0 Å². The number of hydrogen-bond donors (Lipinski definition) is 4. The molecule has 0 saturated heterocycles. The Balaban J connectivity index is 0.000000181. The average molecular weight is 875 g/mol. The molecule has 0 radical (unpaired) electrons. The first kappa shape index (κ1) is 41.2. The third-order valence-corrected chi connectivity index (χ3v) is 12.5. The second kappa shape index (κ2) is 17.9. The molecule has 0 spiro atoms. The Hall–Kier alpha value is -6.98. The van der Waals surface area contributed by atoms with Crippen molar-refractivity contribution in [1.82, 2.24) is 9.97 Å². The Bertz CT molecular complexity index is 2770. The Morgan fingerprint density at radius 2 is 1.07 bits per heavy atom. The number of carboxylic acids is 2. The summed E-state index contributed by atoms with van der Waals surface area (Å²) < 4.78 is 13.6. The van der Waals surface area contributed by atoms with Crippen LogP contribution in [-0.4, -0.2) is 53.9 Å². The van der Waals surface area contributed by atoms with Crippen LogP contribution in [0.2, 0.25) is 0 Å². The molecule has 8 rings (SSSR count). The van der Waals surface area contributed by atoms with Gasteiger partial charge in [0.05, 0.1) is 9.88 Å². The molecule has 0 atom stereocenters. The van der Waals surface area contributed by atoms with E-state index in [1.807, 2.05) is 13.8 Å². The van der Waals surface area contributed by atoms with Crippen LogP contribution in [0.25, 0.3) is 32.3 Å². The van der Waals surface area contributed by atoms with E-state index in [9.17, 15) is 29.4 Å². The summed E-state index contributed by atoms with van der Waals surface area (Å²) in [6, 6.07) is 23.4. The molecule has 4 N–H and O–H groups in total. The van der Waals surface area contributed by atoms with Gasteiger partial charge >= 0.3 is 11.9 Å². The van der Waals surface area contributed by atoms with Crippen LogP contribution in [0.3, 0.4) is 0 Å². The molecular formula is C44H30N2O10S4. The molecule has 300 valence electrons. The fourth-order valence-electron chi connectivity index (χ4n) is 5.62. The van der Waals surface area contributed by atoms with Crippen molar-refractivity contribution in [2.45, 2.75) is 13.8 Å². The van der Waals surface area contributed by atoms with E-state index in [2.05, 4.69) is 9.97 Å². The van der Waals surface area contributed by atoms with E-state index in [1.165, 1.54) is 57.5 Å². The summed E-state index contributed by atoms with van der Waals surface area (Å²) >= 11 is 5.12. The number of phenols is 2. The van der Waals surface area contributed by atoms with Crippen LogP contribution in [0.4, 0.5) is 0 Å². The second-order valence-corrected chi connectivity index (χ2v) is 17.3. The van der Waals surface area contributed by atoms with E-state index in [4.69, 9.17) is 19.7 Å². The van der Waals surface area contributed by atoms with Crippen molar-refractivity contribution in [1.29, 1.82) is 0 Å². The average Bonchev–Trinajstić information content (AvgIpc) is 4.02. The summed E-state index contributed by atoms with van der Waals surface area (Å²) in [6.07, 6.45) is 8.28. The number of fused-ring (bicyclic) bond motifs is 2. The number of carbonyl (C=O) groups excluding carboxylic acids is 2. The summed E-state index contributed by atoms with van der Waals surface area (Å²) in [6.45, 7) is 3.72. The topological polar surface area (TPSA) is 193 Å². The van der Waals surface area contributed by atoms with E-state index in [0.29, 0.717) is 59.2 Å². The third-order valence-electron chi connectivity index (χ3n) is 8.37. The lowest BCUT2D eigenvalue weighted by Gasteiger charge is -2.07. The first-order chi connectivity index (χ1) is 28.8. The van der Waals surface area contributed by atoms with Gasteiger partial charge in [-0.1, -0.05) is 24.3 Å². The summed E-state index contributed by atoms with van der Waals surface area (Å²) in [5, 5.41) is 39.7. The molecule has 0 bridgehead atoms. The molecule has 16 heteroatoms. The third kappa shape index (κ3) is 9.65. The number of ether oxygens (including phenoxy) is 2. The zero-order valence-electron chi connectivity index (χ0n) is 31.3. The maximum Gasteiger partial charge on any atom is 0.328 e. The predicted octanol–water partition coefficient (Wildman–Crippen LogP) is 11.0. The number of carboxylic acid groups (broad SMARTS) is 2. The monoisotopic (exact) mass is 874 g/mol. The number of carbonyl (C=O) groups is 4. The lowest BCUT2D eigenvalue weighted by molar-refractivity contribution is -0.132. The molecule has 0 aliphatic carbocycles. The Morgan fingerprint density at radius 1 is 0.583 bits per heavy atom. The number of ketones is 2. The highest BCUT2D eigenvalue weighted by molar-refractivity contribution is 7.23. The predicted molar refractivity (Wildman–Crippen MR) is 234 cm³/mol. The number of aliphatic carboxylic acids is 2. The Morgan fingerprint density at radius 3 is 1.48 bits per heavy atom. The fraction of sp³-hybridized carbons (Fsp3) is 0.0455. The minimum absolute atomic E-state index is 0.106. The largest absolute Gasteiger partial charge is 0.508 e. The fourth-order valence-corrected chi connectivity index (χ4v) is 9.41. The Labute approximate surface area is 356 Å². The highest BCUT2D eigenvalue weighted by Gasteiger charge is 2.25. The summed E-state index contributed by atoms with van der Waals surface area (Å²) in [5.41, 5.74) is 1.42. The molecule has 0 amide bonds. The van der Waals surface area contributed by atoms with E-state index < -0.39 is 11.9 Å². The van der Waals surface area contributed by atoms with Gasteiger partial charge < -0.3 is 29.9 Å². The van der Waals surface area contributed by atoms with E-state index in [0.717, 1.165) is 36.8 Å². The number of rotatable bonds is 12. The van der Waals surface area contributed by atoms with Crippen LogP contribution in [0, 0.1) is 13.8 Å². The number of thiazole rings is 2. The van der Waals surface area contributed by atoms with Gasteiger partial charge in [0.2, 0.25) is 11.6 Å². The minimum Gasteiger partial charge on any atom is -0.508 e. The molecule has 0 fully saturated rings. The van der Waals surface area contributed by atoms with Gasteiger partial charge in [0.1, 0.15) is 32.8 Å². The van der Waals surface area contributed by atoms with Gasteiger partial charge in [0.15, 0.2) is 16.5 Å². The molecular weight excluding hydrogens is 845 g/mol. The van der Waals surface area contributed by atoms with Gasteiger partial charge in [-0.3, -0.25) is 9.59 Å². The molecule has 4 heterocycles. The first-order valence-corrected chi connectivity index (χ1v) is 20.9. The van der Waals surface area contributed by atoms with Gasteiger partial charge in [-0.05, 0) is 97.8 Å². The summed E-state index contributed by atoms with van der Waals surface area (Å²) in [4.78, 5) is 58.1. The van der Waals surface area contributed by atoms with E-state index in [-0.39, 0.29) is 23.1 Å². The number of aromatic hydroxyl groups is 2. The van der Waals surface area contributed by atoms with Crippen molar-refractivity contribution in [3.05, 3.63) is 150 Å². The number of aromatic nitrogens is 2. The molecule has 4 aromatic carbocycles. The molecule has 0 saturated carbocycles. The molecule has 0 unspecified atom stereocenters. The minimum atomic E-state index is -1.02. The summed E-state index contributed by atoms with van der Waals surface area (Å²) in [7, 11) is 0. The highest BCUT2D eigenvalue weighted by atomic mass is 32.1. The first-order valence-electron chi connectivity index (χ1n) is 17.6. The quantitative estimate of drug-likeness (QED) is 0.0671. The number of benzene rings is 4. The number of phenolic OH excluding ortho intramolecular Hbond substituents is 2. The highest BCUT2D eigenvalue weighted by Crippen LogP contribution is 2.44. The lowest BCUT2D eigenvalue weighted by atomic mass is 10.2. The van der Waals surface area contributed by atoms with Crippen LogP contribution in [0.15, 0.2) is 109 Å². The maximum absolute atomic E-state index is 13.1. The van der Waals surface area contributed by atoms with E-state index in [1.54, 1.807) is 97.3 Å². The zero-order chi connectivity index (χ0) is 42.5. The van der Waals surface area contributed by atoms with Crippen molar-refractivity contribution in [3.8, 4) is 34.5 Å². The van der Waals surface area contributed by atoms with Gasteiger partial charge in [0.25, 0.3) is 0 Å². The van der Waals surface area contributed by atoms with Crippen LogP contribution in [0.1, 0.15) is 50.2 Å². The molecule has 0 aliphatic rings. The second-order valence-electron chi connectivity index (χ2n) is 12.7. The smallest absolute Gasteiger partial charge is 0.328 e. The maximum atomic E-state index is 13.1. The SMILES string of the molecule is Cc1cnc(C(=O)c2sc3cc(O)ccc3c2Oc2ccc(/C=C/C(=O)O)cc2)s1.Cc1ncc(C(=O)c2sc3cc(O)ccc3c2Oc2ccc(/C=C/C(=O)O)cc2)s1. The number of aryl methyl sites for hydroxylation is 2. The van der Waals surface area contributed by atoms with Crippen LogP contribution in [0.5, 0.6) is 34.5 Å². The van der Waals surface area contributed by atoms with Crippen LogP contribution >= 0.6 is 45.3 Å². The van der Waals surface area contributed by atoms with Crippen LogP contribution in [-0.2, 0) is 9.59 Å². The van der Waals surface area contributed by atoms with Gasteiger partial charge in [-0.15, -0.1) is 45.3 Å². The zero-order valence-corrected chi connectivity index (χ0v) is 34.6. The number of thiophene rings is 2. The van der Waals surface area contributed by atoms with Gasteiger partial charge in [-0.25, -0.2) is 19.6 Å². The number of hydrogen-bond acceptors (Lipinski definition) is 14. The Kier molecular flexibility index (Phi) is 12.3. The van der Waals surface area contributed by atoms with Crippen molar-refractivity contribution >= 4 is 101 Å². The standard InChI is InChI=1S/2C22H15NO5S2/c1-12-23-11-18(29-12)20(27)22-21(16-8-5-14(24)10-17(16)30-22)28-15-6-2-13(3-7-15)4-9-19(25)26;1-12-11-23-22(29-12)19(27)21-20(16-8-5-14(24)10-17(16)30-21)28-15-6-2-13(3-7-15)4-9-18(25)26/h2*2-11,24H,1H3,(H,25,26)/b2*9-4+. The molecule has 4 aromatic heterocycles. The van der Waals surface area contributed by atoms with Crippen LogP contribution < -0.4 is 9.47 Å². The number of nitrogens with zero attached hydrogens (tertiary/aromatic N) is 2. The molecule has 0 aliphatic heterocycles. The van der Waals surface area contributed by atoms with Gasteiger partial charge in [-0.2, -0.15) is 0 Å². The molecule has 8 aromatic rings. The van der Waals surface area contributed by atoms with Gasteiger partial charge in [0, 0.05) is 49.6 Å². The molecule has 60 heavy (non-hydrogen) atoms. The summed E-state index contributed by atoms with van der Waals surface area (Å²) in [5.74, 6) is -0.423. The lowest BCUT2D eigenvalue weighted by Crippen LogP contribution is -2.00. The van der Waals surface area contributed by atoms with Crippen molar-refractivity contribution < 1.29 is 49.1 Å².